The molecule has 0 saturated carbocycles. The first-order chi connectivity index (χ1) is 15.5. The number of benzene rings is 2. The van der Waals surface area contributed by atoms with Gasteiger partial charge >= 0.3 is 0 Å². The average molecular weight is 461 g/mol. The Morgan fingerprint density at radius 2 is 2.03 bits per heavy atom. The molecular weight excluding hydrogens is 440 g/mol. The molecular formula is C24H20N4O2S2. The van der Waals surface area contributed by atoms with Crippen LogP contribution in [0.4, 0.5) is 5.69 Å². The predicted molar refractivity (Wildman–Crippen MR) is 130 cm³/mol. The van der Waals surface area contributed by atoms with E-state index in [1.54, 1.807) is 28.8 Å². The summed E-state index contributed by atoms with van der Waals surface area (Å²) in [5.41, 5.74) is 4.70. The number of fused-ring (bicyclic) bond motifs is 1. The number of thioether (sulfide) groups is 1. The number of aromatic nitrogens is 2. The van der Waals surface area contributed by atoms with Crippen LogP contribution in [0, 0.1) is 18.3 Å². The second-order valence-corrected chi connectivity index (χ2v) is 8.99. The summed E-state index contributed by atoms with van der Waals surface area (Å²) >= 11 is 2.62. The molecule has 0 radical (unpaired) electrons. The molecule has 0 spiro atoms. The third-order valence-electron chi connectivity index (χ3n) is 4.93. The lowest BCUT2D eigenvalue weighted by atomic mass is 10.1. The van der Waals surface area contributed by atoms with Crippen LogP contribution in [-0.2, 0) is 11.3 Å². The van der Waals surface area contributed by atoms with Gasteiger partial charge in [-0.1, -0.05) is 47.7 Å². The van der Waals surface area contributed by atoms with Crippen molar-refractivity contribution in [1.29, 1.82) is 5.26 Å². The van der Waals surface area contributed by atoms with E-state index in [0.717, 1.165) is 16.7 Å². The van der Waals surface area contributed by atoms with Crippen LogP contribution in [0.15, 0.2) is 63.9 Å². The molecule has 160 valence electrons. The Morgan fingerprint density at radius 1 is 1.25 bits per heavy atom. The van der Waals surface area contributed by atoms with Crippen molar-refractivity contribution in [1.82, 2.24) is 9.55 Å². The summed E-state index contributed by atoms with van der Waals surface area (Å²) in [4.78, 5) is 30.3. The van der Waals surface area contributed by atoms with Crippen LogP contribution in [0.3, 0.4) is 0 Å². The van der Waals surface area contributed by atoms with Crippen molar-refractivity contribution in [2.24, 2.45) is 0 Å². The van der Waals surface area contributed by atoms with Crippen molar-refractivity contribution in [2.45, 2.75) is 25.5 Å². The smallest absolute Gasteiger partial charge is 0.272 e. The fourth-order valence-electron chi connectivity index (χ4n) is 3.30. The second kappa shape index (κ2) is 9.39. The molecule has 0 saturated heterocycles. The lowest BCUT2D eigenvalue weighted by molar-refractivity contribution is -0.113. The molecule has 0 unspecified atom stereocenters. The molecule has 0 aliphatic heterocycles. The van der Waals surface area contributed by atoms with Crippen LogP contribution < -0.4 is 10.9 Å². The number of carbonyl (C=O) groups excluding carboxylic acids is 1. The van der Waals surface area contributed by atoms with Gasteiger partial charge in [0.05, 0.1) is 22.9 Å². The summed E-state index contributed by atoms with van der Waals surface area (Å²) in [5.74, 6) is -0.134. The summed E-state index contributed by atoms with van der Waals surface area (Å²) < 4.78 is 2.22. The molecule has 6 nitrogen and oxygen atoms in total. The first-order valence-electron chi connectivity index (χ1n) is 10.0. The maximum atomic E-state index is 13.1. The van der Waals surface area contributed by atoms with Gasteiger partial charge in [-0.15, -0.1) is 11.3 Å². The quantitative estimate of drug-likeness (QED) is 0.321. The van der Waals surface area contributed by atoms with Crippen molar-refractivity contribution in [3.63, 3.8) is 0 Å². The van der Waals surface area contributed by atoms with E-state index in [0.29, 0.717) is 33.2 Å². The molecule has 0 aliphatic rings. The van der Waals surface area contributed by atoms with Gasteiger partial charge in [0.25, 0.3) is 5.56 Å². The highest BCUT2D eigenvalue weighted by molar-refractivity contribution is 7.99. The second-order valence-electron chi connectivity index (χ2n) is 7.17. The van der Waals surface area contributed by atoms with Crippen molar-refractivity contribution in [2.75, 3.05) is 11.1 Å². The Bertz CT molecular complexity index is 1400. The number of rotatable bonds is 6. The van der Waals surface area contributed by atoms with E-state index >= 15 is 0 Å². The van der Waals surface area contributed by atoms with Gasteiger partial charge in [-0.25, -0.2) is 4.98 Å². The molecule has 0 aliphatic carbocycles. The van der Waals surface area contributed by atoms with Gasteiger partial charge in [-0.05, 0) is 37.6 Å². The lowest BCUT2D eigenvalue weighted by Crippen LogP contribution is -2.22. The van der Waals surface area contributed by atoms with Gasteiger partial charge < -0.3 is 5.32 Å². The van der Waals surface area contributed by atoms with E-state index in [4.69, 9.17) is 10.2 Å². The molecule has 4 aromatic rings. The largest absolute Gasteiger partial charge is 0.325 e. The summed E-state index contributed by atoms with van der Waals surface area (Å²) in [5, 5.41) is 14.3. The first kappa shape index (κ1) is 21.8. The van der Waals surface area contributed by atoms with Gasteiger partial charge in [0.1, 0.15) is 4.70 Å². The van der Waals surface area contributed by atoms with E-state index in [-0.39, 0.29) is 17.2 Å². The highest BCUT2D eigenvalue weighted by atomic mass is 32.2. The molecule has 1 N–H and O–H groups in total. The molecule has 2 aromatic carbocycles. The number of carbonyl (C=O) groups is 1. The Labute approximate surface area is 193 Å². The molecule has 1 amide bonds. The van der Waals surface area contributed by atoms with E-state index in [2.05, 4.69) is 11.4 Å². The number of nitrogens with zero attached hydrogens (tertiary/aromatic N) is 3. The lowest BCUT2D eigenvalue weighted by Gasteiger charge is -2.11. The molecule has 4 rings (SSSR count). The molecule has 0 atom stereocenters. The fraction of sp³-hybridized carbons (Fsp3) is 0.167. The molecule has 2 heterocycles. The van der Waals surface area contributed by atoms with E-state index < -0.39 is 0 Å². The minimum Gasteiger partial charge on any atom is -0.325 e. The Kier molecular flexibility index (Phi) is 6.40. The number of amides is 1. The number of aryl methyl sites for hydroxylation is 1. The normalized spacial score (nSPS) is 10.8. The predicted octanol–water partition coefficient (Wildman–Crippen LogP) is 5.06. The summed E-state index contributed by atoms with van der Waals surface area (Å²) in [7, 11) is 0. The molecule has 32 heavy (non-hydrogen) atoms. The number of anilines is 1. The van der Waals surface area contributed by atoms with Gasteiger partial charge in [0.15, 0.2) is 5.16 Å². The highest BCUT2D eigenvalue weighted by Crippen LogP contribution is 2.32. The van der Waals surface area contributed by atoms with E-state index in [1.165, 1.54) is 23.1 Å². The van der Waals surface area contributed by atoms with Crippen LogP contribution in [0.1, 0.15) is 18.1 Å². The van der Waals surface area contributed by atoms with Crippen LogP contribution in [0.2, 0.25) is 0 Å². The van der Waals surface area contributed by atoms with Crippen molar-refractivity contribution in [3.8, 4) is 17.2 Å². The number of nitriles is 1. The van der Waals surface area contributed by atoms with Gasteiger partial charge in [-0.3, -0.25) is 14.2 Å². The SMILES string of the molecule is CCn1c(SCC(=O)Nc2cccc(C#N)c2)nc2c(-c3ccc(C)cc3)csc2c1=O. The van der Waals surface area contributed by atoms with Crippen LogP contribution in [0.25, 0.3) is 21.3 Å². The minimum atomic E-state index is -0.230. The number of hydrogen-bond acceptors (Lipinski definition) is 6. The van der Waals surface area contributed by atoms with Crippen LogP contribution >= 0.6 is 23.1 Å². The first-order valence-corrected chi connectivity index (χ1v) is 11.9. The Hall–Kier alpha value is -3.41. The monoisotopic (exact) mass is 460 g/mol. The summed E-state index contributed by atoms with van der Waals surface area (Å²) in [6.07, 6.45) is 0. The van der Waals surface area contributed by atoms with Gasteiger partial charge in [-0.2, -0.15) is 5.26 Å². The number of nitrogens with one attached hydrogen (secondary N) is 1. The van der Waals surface area contributed by atoms with E-state index in [1.807, 2.05) is 43.5 Å². The molecule has 8 heteroatoms. The molecule has 2 aromatic heterocycles. The molecule has 0 bridgehead atoms. The van der Waals surface area contributed by atoms with Crippen LogP contribution in [-0.4, -0.2) is 21.2 Å². The van der Waals surface area contributed by atoms with Crippen molar-refractivity contribution < 1.29 is 4.79 Å². The average Bonchev–Trinajstić information content (AvgIpc) is 3.22. The van der Waals surface area contributed by atoms with Crippen molar-refractivity contribution >= 4 is 44.9 Å². The van der Waals surface area contributed by atoms with Crippen molar-refractivity contribution in [3.05, 3.63) is 75.4 Å². The third kappa shape index (κ3) is 4.44. The van der Waals surface area contributed by atoms with Crippen LogP contribution in [0.5, 0.6) is 0 Å². The fourth-order valence-corrected chi connectivity index (χ4v) is 5.12. The summed E-state index contributed by atoms with van der Waals surface area (Å²) in [6, 6.07) is 16.9. The number of hydrogen-bond donors (Lipinski definition) is 1. The maximum absolute atomic E-state index is 13.1. The number of thiophene rings is 1. The zero-order chi connectivity index (χ0) is 22.7. The molecule has 0 fully saturated rings. The standard InChI is InChI=1S/C24H20N4O2S2/c1-3-28-23(30)22-21(19(13-31-22)17-9-7-15(2)8-10-17)27-24(28)32-14-20(29)26-18-6-4-5-16(11-18)12-25/h4-11,13H,3,14H2,1-2H3,(H,26,29). The zero-order valence-corrected chi connectivity index (χ0v) is 19.2. The Morgan fingerprint density at radius 3 is 2.75 bits per heavy atom. The topological polar surface area (TPSA) is 87.8 Å². The van der Waals surface area contributed by atoms with Gasteiger partial charge in [0, 0.05) is 23.2 Å². The maximum Gasteiger partial charge on any atom is 0.272 e. The zero-order valence-electron chi connectivity index (χ0n) is 17.6. The third-order valence-corrected chi connectivity index (χ3v) is 6.86. The highest BCUT2D eigenvalue weighted by Gasteiger charge is 2.17. The minimum absolute atomic E-state index is 0.0921. The summed E-state index contributed by atoms with van der Waals surface area (Å²) in [6.45, 7) is 4.39. The van der Waals surface area contributed by atoms with E-state index in [9.17, 15) is 9.59 Å². The van der Waals surface area contributed by atoms with Gasteiger partial charge in [0.2, 0.25) is 5.91 Å². The Balaban J connectivity index is 1.62.